The largest absolute Gasteiger partial charge is 0.309 e. The van der Waals surface area contributed by atoms with Crippen LogP contribution < -0.4 is 4.90 Å². The number of hydrogen-bond donors (Lipinski definition) is 0. The van der Waals surface area contributed by atoms with Crippen LogP contribution in [0.15, 0.2) is 249 Å². The number of fused-ring (bicyclic) bond motifs is 1. The highest BCUT2D eigenvalue weighted by atomic mass is 15.1. The first kappa shape index (κ1) is 35.7. The number of anilines is 3. The van der Waals surface area contributed by atoms with Crippen molar-refractivity contribution < 1.29 is 0 Å². The lowest BCUT2D eigenvalue weighted by Crippen LogP contribution is -2.12. The molecular formula is C58H41N. The summed E-state index contributed by atoms with van der Waals surface area (Å²) >= 11 is 0. The van der Waals surface area contributed by atoms with Gasteiger partial charge in [-0.2, -0.15) is 0 Å². The molecule has 0 aliphatic heterocycles. The number of rotatable bonds is 9. The Morgan fingerprint density at radius 3 is 1.31 bits per heavy atom. The number of hydrogen-bond acceptors (Lipinski definition) is 1. The number of benzene rings is 10. The molecule has 278 valence electrons. The zero-order chi connectivity index (χ0) is 39.4. The molecule has 1 heteroatoms. The van der Waals surface area contributed by atoms with Gasteiger partial charge in [-0.25, -0.2) is 0 Å². The fraction of sp³-hybridized carbons (Fsp3) is 0. The van der Waals surface area contributed by atoms with Gasteiger partial charge in [0, 0.05) is 16.8 Å². The van der Waals surface area contributed by atoms with Crippen molar-refractivity contribution in [2.45, 2.75) is 0 Å². The third-order valence-corrected chi connectivity index (χ3v) is 11.3. The van der Waals surface area contributed by atoms with E-state index in [1.807, 2.05) is 0 Å². The van der Waals surface area contributed by atoms with Crippen LogP contribution in [0.25, 0.3) is 77.5 Å². The molecule has 0 atom stereocenters. The van der Waals surface area contributed by atoms with E-state index in [0.29, 0.717) is 0 Å². The Balaban J connectivity index is 1.17. The van der Waals surface area contributed by atoms with Crippen LogP contribution in [0.4, 0.5) is 17.1 Å². The molecule has 0 radical (unpaired) electrons. The summed E-state index contributed by atoms with van der Waals surface area (Å²) in [5, 5.41) is 2.47. The molecule has 0 unspecified atom stereocenters. The lowest BCUT2D eigenvalue weighted by Gasteiger charge is -2.30. The number of para-hydroxylation sites is 2. The molecule has 0 aromatic heterocycles. The molecule has 0 spiro atoms. The Kier molecular flexibility index (Phi) is 9.68. The third kappa shape index (κ3) is 7.12. The van der Waals surface area contributed by atoms with Crippen molar-refractivity contribution in [1.82, 2.24) is 0 Å². The highest BCUT2D eigenvalue weighted by Crippen LogP contribution is 2.48. The molecule has 0 amide bonds. The minimum atomic E-state index is 1.08. The molecule has 0 heterocycles. The lowest BCUT2D eigenvalue weighted by atomic mass is 9.88. The first-order valence-corrected chi connectivity index (χ1v) is 20.3. The molecule has 0 aliphatic rings. The van der Waals surface area contributed by atoms with E-state index < -0.39 is 0 Å². The summed E-state index contributed by atoms with van der Waals surface area (Å²) in [6.07, 6.45) is 0. The second-order valence-corrected chi connectivity index (χ2v) is 14.9. The highest BCUT2D eigenvalue weighted by Gasteiger charge is 2.23. The third-order valence-electron chi connectivity index (χ3n) is 11.3. The summed E-state index contributed by atoms with van der Waals surface area (Å²) in [5.41, 5.74) is 17.5. The smallest absolute Gasteiger partial charge is 0.0540 e. The van der Waals surface area contributed by atoms with Gasteiger partial charge >= 0.3 is 0 Å². The molecule has 0 saturated heterocycles. The first-order valence-electron chi connectivity index (χ1n) is 20.3. The van der Waals surface area contributed by atoms with Gasteiger partial charge in [-0.1, -0.05) is 218 Å². The lowest BCUT2D eigenvalue weighted by molar-refractivity contribution is 1.28. The predicted octanol–water partition coefficient (Wildman–Crippen LogP) is 16.3. The molecule has 59 heavy (non-hydrogen) atoms. The van der Waals surface area contributed by atoms with E-state index in [1.165, 1.54) is 55.3 Å². The molecular weight excluding hydrogens is 711 g/mol. The minimum Gasteiger partial charge on any atom is -0.309 e. The molecule has 1 nitrogen and oxygen atoms in total. The van der Waals surface area contributed by atoms with Crippen LogP contribution in [0.1, 0.15) is 0 Å². The SMILES string of the molecule is c1ccc(-c2ccc(-c3ccccc3N(c3cccc(-c4ccc5ccccc5c4)c3)c3ccccc3-c3ccccc3-c3ccccc3-c3ccccc3)cc2)cc1. The summed E-state index contributed by atoms with van der Waals surface area (Å²) in [4.78, 5) is 2.46. The maximum absolute atomic E-state index is 2.46. The maximum Gasteiger partial charge on any atom is 0.0540 e. The van der Waals surface area contributed by atoms with Gasteiger partial charge in [-0.05, 0) is 96.7 Å². The standard InChI is InChI=1S/C58H41N/c1-3-18-42(19-4-1)44-34-37-46(38-35-44)52-27-13-15-32-57(52)59(50-25-17-24-48(41-50)49-39-36-43-20-7-8-23-47(43)40-49)58-33-16-14-31-56(58)55-30-12-11-29-54(55)53-28-10-9-26-51(53)45-21-5-2-6-22-45/h1-41H. The average Bonchev–Trinajstić information content (AvgIpc) is 3.32. The van der Waals surface area contributed by atoms with Gasteiger partial charge in [0.05, 0.1) is 11.4 Å². The quantitative estimate of drug-likeness (QED) is 0.142. The summed E-state index contributed by atoms with van der Waals surface area (Å²) in [6.45, 7) is 0. The van der Waals surface area contributed by atoms with Crippen molar-refractivity contribution in [2.75, 3.05) is 4.90 Å². The van der Waals surface area contributed by atoms with E-state index in [9.17, 15) is 0 Å². The second kappa shape index (κ2) is 16.0. The fourth-order valence-electron chi connectivity index (χ4n) is 8.42. The van der Waals surface area contributed by atoms with Crippen molar-refractivity contribution in [3.63, 3.8) is 0 Å². The van der Waals surface area contributed by atoms with Crippen LogP contribution >= 0.6 is 0 Å². The summed E-state index contributed by atoms with van der Waals surface area (Å²) in [7, 11) is 0. The van der Waals surface area contributed by atoms with Gasteiger partial charge < -0.3 is 4.90 Å². The second-order valence-electron chi connectivity index (χ2n) is 14.9. The summed E-state index contributed by atoms with van der Waals surface area (Å²) in [5.74, 6) is 0. The summed E-state index contributed by atoms with van der Waals surface area (Å²) < 4.78 is 0. The molecule has 10 aromatic carbocycles. The van der Waals surface area contributed by atoms with Crippen LogP contribution in [0.2, 0.25) is 0 Å². The number of nitrogens with zero attached hydrogens (tertiary/aromatic N) is 1. The van der Waals surface area contributed by atoms with Crippen LogP contribution in [0.5, 0.6) is 0 Å². The fourth-order valence-corrected chi connectivity index (χ4v) is 8.42. The Bertz CT molecular complexity index is 3040. The van der Waals surface area contributed by atoms with Gasteiger partial charge in [0.2, 0.25) is 0 Å². The maximum atomic E-state index is 2.46. The monoisotopic (exact) mass is 751 g/mol. The predicted molar refractivity (Wildman–Crippen MR) is 251 cm³/mol. The van der Waals surface area contributed by atoms with Gasteiger partial charge in [-0.3, -0.25) is 0 Å². The molecule has 0 saturated carbocycles. The van der Waals surface area contributed by atoms with Gasteiger partial charge in [0.1, 0.15) is 0 Å². The van der Waals surface area contributed by atoms with E-state index in [1.54, 1.807) is 0 Å². The van der Waals surface area contributed by atoms with Crippen molar-refractivity contribution in [1.29, 1.82) is 0 Å². The molecule has 0 aliphatic carbocycles. The Morgan fingerprint density at radius 1 is 0.203 bits per heavy atom. The van der Waals surface area contributed by atoms with Crippen LogP contribution in [-0.4, -0.2) is 0 Å². The van der Waals surface area contributed by atoms with E-state index >= 15 is 0 Å². The minimum absolute atomic E-state index is 1.08. The van der Waals surface area contributed by atoms with Crippen molar-refractivity contribution >= 4 is 27.8 Å². The average molecular weight is 752 g/mol. The molecule has 0 N–H and O–H groups in total. The van der Waals surface area contributed by atoms with Crippen LogP contribution in [0, 0.1) is 0 Å². The zero-order valence-corrected chi connectivity index (χ0v) is 32.6. The highest BCUT2D eigenvalue weighted by molar-refractivity contribution is 5.99. The van der Waals surface area contributed by atoms with Crippen molar-refractivity contribution in [2.24, 2.45) is 0 Å². The van der Waals surface area contributed by atoms with Crippen LogP contribution in [-0.2, 0) is 0 Å². The zero-order valence-electron chi connectivity index (χ0n) is 32.6. The molecule has 10 aromatic rings. The Labute approximate surface area is 346 Å². The van der Waals surface area contributed by atoms with E-state index in [4.69, 9.17) is 0 Å². The van der Waals surface area contributed by atoms with Gasteiger partial charge in [0.25, 0.3) is 0 Å². The molecule has 10 rings (SSSR count). The molecule has 0 bridgehead atoms. The van der Waals surface area contributed by atoms with E-state index in [-0.39, 0.29) is 0 Å². The Morgan fingerprint density at radius 2 is 0.610 bits per heavy atom. The van der Waals surface area contributed by atoms with Gasteiger partial charge in [0.15, 0.2) is 0 Å². The Hall–Kier alpha value is -7.74. The first-order chi connectivity index (χ1) is 29.3. The molecule has 0 fully saturated rings. The van der Waals surface area contributed by atoms with Crippen molar-refractivity contribution in [3.8, 4) is 66.8 Å². The summed E-state index contributed by atoms with van der Waals surface area (Å²) in [6, 6.07) is 89.9. The normalized spacial score (nSPS) is 11.1. The topological polar surface area (TPSA) is 3.24 Å². The van der Waals surface area contributed by atoms with Crippen molar-refractivity contribution in [3.05, 3.63) is 249 Å². The van der Waals surface area contributed by atoms with E-state index in [0.717, 1.165) is 39.3 Å². The van der Waals surface area contributed by atoms with Gasteiger partial charge in [-0.15, -0.1) is 0 Å². The van der Waals surface area contributed by atoms with E-state index in [2.05, 4.69) is 254 Å². The van der Waals surface area contributed by atoms with Crippen LogP contribution in [0.3, 0.4) is 0 Å².